The Balaban J connectivity index is 2.53. The number of thiophene rings is 1. The smallest absolute Gasteiger partial charge is 0.00774 e. The van der Waals surface area contributed by atoms with Gasteiger partial charge in [-0.3, -0.25) is 0 Å². The molecule has 1 aromatic rings. The van der Waals surface area contributed by atoms with Crippen LogP contribution in [0.4, 0.5) is 0 Å². The van der Waals surface area contributed by atoms with E-state index < -0.39 is 0 Å². The van der Waals surface area contributed by atoms with Gasteiger partial charge in [0.25, 0.3) is 0 Å². The second-order valence-corrected chi connectivity index (χ2v) is 6.51. The highest BCUT2D eigenvalue weighted by Crippen LogP contribution is 2.30. The van der Waals surface area contributed by atoms with Crippen LogP contribution < -0.4 is 5.73 Å². The van der Waals surface area contributed by atoms with Gasteiger partial charge in [0, 0.05) is 9.75 Å². The monoisotopic (exact) mass is 225 g/mol. The van der Waals surface area contributed by atoms with Crippen molar-refractivity contribution in [3.05, 3.63) is 21.4 Å². The predicted molar refractivity (Wildman–Crippen MR) is 69.6 cm³/mol. The van der Waals surface area contributed by atoms with Crippen molar-refractivity contribution in [2.24, 2.45) is 11.1 Å². The van der Waals surface area contributed by atoms with Crippen molar-refractivity contribution in [2.45, 2.75) is 47.0 Å². The molecule has 2 heteroatoms. The number of hydrogen-bond acceptors (Lipinski definition) is 2. The lowest BCUT2D eigenvalue weighted by Gasteiger charge is -2.23. The van der Waals surface area contributed by atoms with Crippen LogP contribution in [0.1, 0.15) is 42.0 Å². The van der Waals surface area contributed by atoms with Crippen LogP contribution in [0.2, 0.25) is 0 Å². The van der Waals surface area contributed by atoms with E-state index >= 15 is 0 Å². The van der Waals surface area contributed by atoms with Gasteiger partial charge >= 0.3 is 0 Å². The van der Waals surface area contributed by atoms with E-state index in [1.807, 2.05) is 11.3 Å². The fourth-order valence-electron chi connectivity index (χ4n) is 1.91. The summed E-state index contributed by atoms with van der Waals surface area (Å²) in [7, 11) is 0. The molecule has 0 aromatic carbocycles. The summed E-state index contributed by atoms with van der Waals surface area (Å²) in [5.41, 5.74) is 7.47. The zero-order valence-corrected chi connectivity index (χ0v) is 11.2. The highest BCUT2D eigenvalue weighted by Gasteiger charge is 2.17. The van der Waals surface area contributed by atoms with E-state index in [-0.39, 0.29) is 0 Å². The molecule has 0 unspecified atom stereocenters. The van der Waals surface area contributed by atoms with Crippen molar-refractivity contribution in [2.75, 3.05) is 6.54 Å². The van der Waals surface area contributed by atoms with Gasteiger partial charge in [0.15, 0.2) is 0 Å². The first kappa shape index (κ1) is 12.7. The zero-order chi connectivity index (χ0) is 11.5. The second kappa shape index (κ2) is 5.13. The predicted octanol–water partition coefficient (Wildman–Crippen LogP) is 3.67. The van der Waals surface area contributed by atoms with Crippen molar-refractivity contribution >= 4 is 11.3 Å². The Kier molecular flexibility index (Phi) is 4.35. The van der Waals surface area contributed by atoms with Crippen LogP contribution in [0.5, 0.6) is 0 Å². The largest absolute Gasteiger partial charge is 0.330 e. The van der Waals surface area contributed by atoms with Gasteiger partial charge in [0.1, 0.15) is 0 Å². The van der Waals surface area contributed by atoms with Gasteiger partial charge in [-0.15, -0.1) is 11.3 Å². The Morgan fingerprint density at radius 1 is 1.27 bits per heavy atom. The molecule has 2 N–H and O–H groups in total. The summed E-state index contributed by atoms with van der Waals surface area (Å²) in [6.07, 6.45) is 3.57. The van der Waals surface area contributed by atoms with E-state index in [9.17, 15) is 0 Å². The van der Waals surface area contributed by atoms with Gasteiger partial charge in [-0.05, 0) is 56.7 Å². The molecule has 0 radical (unpaired) electrons. The average molecular weight is 225 g/mol. The molecule has 0 atom stereocenters. The van der Waals surface area contributed by atoms with E-state index in [0.29, 0.717) is 5.41 Å². The SMILES string of the molecule is Cc1cc(C)c(CCC(C)(C)CCN)s1. The molecule has 1 heterocycles. The first-order valence-corrected chi connectivity index (χ1v) is 6.52. The van der Waals surface area contributed by atoms with Gasteiger partial charge in [0.05, 0.1) is 0 Å². The average Bonchev–Trinajstić information content (AvgIpc) is 2.42. The summed E-state index contributed by atoms with van der Waals surface area (Å²) in [6.45, 7) is 9.84. The fraction of sp³-hybridized carbons (Fsp3) is 0.692. The lowest BCUT2D eigenvalue weighted by Crippen LogP contribution is -2.17. The molecular weight excluding hydrogens is 202 g/mol. The maximum absolute atomic E-state index is 5.62. The van der Waals surface area contributed by atoms with Gasteiger partial charge in [-0.2, -0.15) is 0 Å². The maximum atomic E-state index is 5.62. The Morgan fingerprint density at radius 3 is 2.40 bits per heavy atom. The van der Waals surface area contributed by atoms with Crippen molar-refractivity contribution in [3.63, 3.8) is 0 Å². The molecule has 0 aliphatic rings. The quantitative estimate of drug-likeness (QED) is 0.813. The first-order valence-electron chi connectivity index (χ1n) is 5.70. The fourth-order valence-corrected chi connectivity index (χ4v) is 2.95. The highest BCUT2D eigenvalue weighted by atomic mass is 32.1. The van der Waals surface area contributed by atoms with Crippen molar-refractivity contribution in [1.29, 1.82) is 0 Å². The molecule has 1 rings (SSSR count). The van der Waals surface area contributed by atoms with Crippen LogP contribution in [0.3, 0.4) is 0 Å². The summed E-state index contributed by atoms with van der Waals surface area (Å²) in [6, 6.07) is 2.29. The highest BCUT2D eigenvalue weighted by molar-refractivity contribution is 7.12. The molecule has 0 spiro atoms. The molecule has 0 aliphatic carbocycles. The van der Waals surface area contributed by atoms with Gasteiger partial charge in [-0.1, -0.05) is 13.8 Å². The van der Waals surface area contributed by atoms with Crippen molar-refractivity contribution < 1.29 is 0 Å². The van der Waals surface area contributed by atoms with E-state index in [4.69, 9.17) is 5.73 Å². The third-order valence-electron chi connectivity index (χ3n) is 2.99. The van der Waals surface area contributed by atoms with Gasteiger partial charge < -0.3 is 5.73 Å². The molecule has 86 valence electrons. The number of nitrogens with two attached hydrogens (primary N) is 1. The molecular formula is C13H23NS. The van der Waals surface area contributed by atoms with E-state index in [0.717, 1.165) is 13.0 Å². The first-order chi connectivity index (χ1) is 6.94. The maximum Gasteiger partial charge on any atom is 0.00774 e. The van der Waals surface area contributed by atoms with Crippen LogP contribution in [0, 0.1) is 19.3 Å². The Bertz CT molecular complexity index is 312. The number of aryl methyl sites for hydroxylation is 3. The number of hydrogen-bond donors (Lipinski definition) is 1. The molecule has 0 saturated heterocycles. The summed E-state index contributed by atoms with van der Waals surface area (Å²) in [5.74, 6) is 0. The van der Waals surface area contributed by atoms with E-state index in [2.05, 4.69) is 33.8 Å². The molecule has 0 fully saturated rings. The Hall–Kier alpha value is -0.340. The second-order valence-electron chi connectivity index (χ2n) is 5.17. The van der Waals surface area contributed by atoms with Crippen LogP contribution in [0.15, 0.2) is 6.07 Å². The summed E-state index contributed by atoms with van der Waals surface area (Å²) >= 11 is 1.94. The van der Waals surface area contributed by atoms with E-state index in [1.54, 1.807) is 4.88 Å². The number of rotatable bonds is 5. The van der Waals surface area contributed by atoms with Crippen molar-refractivity contribution in [1.82, 2.24) is 0 Å². The third kappa shape index (κ3) is 3.96. The van der Waals surface area contributed by atoms with Crippen LogP contribution in [0.25, 0.3) is 0 Å². The minimum absolute atomic E-state index is 0.388. The third-order valence-corrected chi connectivity index (χ3v) is 4.21. The molecule has 1 aromatic heterocycles. The summed E-state index contributed by atoms with van der Waals surface area (Å²) in [5, 5.41) is 0. The Labute approximate surface area is 97.7 Å². The standard InChI is InChI=1S/C13H23NS/c1-10-9-11(2)15-12(10)5-6-13(3,4)7-8-14/h9H,5-8,14H2,1-4H3. The summed E-state index contributed by atoms with van der Waals surface area (Å²) < 4.78 is 0. The van der Waals surface area contributed by atoms with Crippen LogP contribution in [-0.4, -0.2) is 6.54 Å². The molecule has 15 heavy (non-hydrogen) atoms. The van der Waals surface area contributed by atoms with Crippen LogP contribution in [-0.2, 0) is 6.42 Å². The normalized spacial score (nSPS) is 12.1. The minimum atomic E-state index is 0.388. The Morgan fingerprint density at radius 2 is 1.93 bits per heavy atom. The lowest BCUT2D eigenvalue weighted by atomic mass is 9.84. The van der Waals surface area contributed by atoms with Crippen LogP contribution >= 0.6 is 11.3 Å². The molecule has 0 aliphatic heterocycles. The summed E-state index contributed by atoms with van der Waals surface area (Å²) in [4.78, 5) is 2.98. The topological polar surface area (TPSA) is 26.0 Å². The molecule has 0 bridgehead atoms. The molecule has 0 saturated carbocycles. The molecule has 0 amide bonds. The lowest BCUT2D eigenvalue weighted by molar-refractivity contribution is 0.314. The van der Waals surface area contributed by atoms with E-state index in [1.165, 1.54) is 23.3 Å². The zero-order valence-electron chi connectivity index (χ0n) is 10.4. The minimum Gasteiger partial charge on any atom is -0.330 e. The van der Waals surface area contributed by atoms with Gasteiger partial charge in [-0.25, -0.2) is 0 Å². The molecule has 1 nitrogen and oxygen atoms in total. The van der Waals surface area contributed by atoms with Crippen molar-refractivity contribution in [3.8, 4) is 0 Å². The van der Waals surface area contributed by atoms with Gasteiger partial charge in [0.2, 0.25) is 0 Å².